The van der Waals surface area contributed by atoms with E-state index in [2.05, 4.69) is 75.6 Å². The molecule has 1 unspecified atom stereocenters. The molecule has 3 heteroatoms. The van der Waals surface area contributed by atoms with Crippen molar-refractivity contribution < 1.29 is 0 Å². The van der Waals surface area contributed by atoms with Gasteiger partial charge in [0.15, 0.2) is 0 Å². The van der Waals surface area contributed by atoms with Crippen molar-refractivity contribution in [3.63, 3.8) is 0 Å². The van der Waals surface area contributed by atoms with Crippen LogP contribution in [0.2, 0.25) is 0 Å². The van der Waals surface area contributed by atoms with Crippen molar-refractivity contribution in [2.75, 3.05) is 7.05 Å². The summed E-state index contributed by atoms with van der Waals surface area (Å²) in [7, 11) is 1.98. The normalized spacial score (nSPS) is 12.5. The zero-order valence-electron chi connectivity index (χ0n) is 12.1. The number of pyridine rings is 1. The minimum absolute atomic E-state index is 0.110. The van der Waals surface area contributed by atoms with Gasteiger partial charge in [-0.2, -0.15) is 0 Å². The molecule has 3 rings (SSSR count). The van der Waals surface area contributed by atoms with Gasteiger partial charge in [-0.25, -0.2) is 0 Å². The number of halogens is 1. The zero-order chi connectivity index (χ0) is 14.8. The molecule has 1 aromatic heterocycles. The Bertz CT molecular complexity index is 778. The molecule has 21 heavy (non-hydrogen) atoms. The number of benzene rings is 2. The molecule has 0 bridgehead atoms. The average Bonchev–Trinajstić information content (AvgIpc) is 2.50. The summed E-state index contributed by atoms with van der Waals surface area (Å²) in [6.07, 6.45) is 1.85. The molecule has 0 aliphatic heterocycles. The van der Waals surface area contributed by atoms with E-state index in [0.29, 0.717) is 0 Å². The molecule has 0 saturated carbocycles. The van der Waals surface area contributed by atoms with Crippen molar-refractivity contribution in [3.8, 4) is 0 Å². The fraction of sp³-hybridized carbons (Fsp3) is 0.167. The fourth-order valence-corrected chi connectivity index (χ4v) is 3.43. The maximum atomic E-state index is 4.57. The number of aryl methyl sites for hydroxylation is 1. The lowest BCUT2D eigenvalue weighted by atomic mass is 9.96. The van der Waals surface area contributed by atoms with Crippen molar-refractivity contribution >= 4 is 26.8 Å². The lowest BCUT2D eigenvalue weighted by Crippen LogP contribution is -2.18. The summed E-state index contributed by atoms with van der Waals surface area (Å²) in [5.74, 6) is 0. The van der Waals surface area contributed by atoms with Gasteiger partial charge in [-0.3, -0.25) is 4.98 Å². The Morgan fingerprint density at radius 1 is 1.05 bits per heavy atom. The summed E-state index contributed by atoms with van der Waals surface area (Å²) < 4.78 is 1.12. The van der Waals surface area contributed by atoms with Crippen molar-refractivity contribution in [1.29, 1.82) is 0 Å². The highest BCUT2D eigenvalue weighted by molar-refractivity contribution is 9.10. The molecule has 1 N–H and O–H groups in total. The van der Waals surface area contributed by atoms with Crippen LogP contribution in [0.3, 0.4) is 0 Å². The first kappa shape index (κ1) is 14.2. The standard InChI is InChI=1S/C18H17BrN2/c1-12-8-9-14(16(19)11-12)18(20-2)15-7-3-5-13-6-4-10-21-17(13)15/h3-11,18,20H,1-2H3. The fourth-order valence-electron chi connectivity index (χ4n) is 2.71. The van der Waals surface area contributed by atoms with Gasteiger partial charge in [0, 0.05) is 16.1 Å². The minimum Gasteiger partial charge on any atom is -0.309 e. The number of hydrogen-bond acceptors (Lipinski definition) is 2. The Hall–Kier alpha value is -1.71. The van der Waals surface area contributed by atoms with Gasteiger partial charge in [-0.05, 0) is 42.8 Å². The van der Waals surface area contributed by atoms with Gasteiger partial charge in [0.25, 0.3) is 0 Å². The van der Waals surface area contributed by atoms with Gasteiger partial charge < -0.3 is 5.32 Å². The number of fused-ring (bicyclic) bond motifs is 1. The largest absolute Gasteiger partial charge is 0.309 e. The van der Waals surface area contributed by atoms with Crippen LogP contribution >= 0.6 is 15.9 Å². The predicted octanol–water partition coefficient (Wildman–Crippen LogP) is 4.61. The second-order valence-electron chi connectivity index (χ2n) is 5.17. The summed E-state index contributed by atoms with van der Waals surface area (Å²) in [6.45, 7) is 2.10. The third-order valence-corrected chi connectivity index (χ3v) is 4.42. The number of nitrogens with one attached hydrogen (secondary N) is 1. The lowest BCUT2D eigenvalue weighted by Gasteiger charge is -2.20. The Labute approximate surface area is 133 Å². The minimum atomic E-state index is 0.110. The zero-order valence-corrected chi connectivity index (χ0v) is 13.7. The first-order chi connectivity index (χ1) is 10.2. The maximum Gasteiger partial charge on any atom is 0.0753 e. The van der Waals surface area contributed by atoms with E-state index >= 15 is 0 Å². The average molecular weight is 341 g/mol. The summed E-state index contributed by atoms with van der Waals surface area (Å²) in [4.78, 5) is 4.57. The molecule has 0 aliphatic carbocycles. The SMILES string of the molecule is CNC(c1ccc(C)cc1Br)c1cccc2cccnc12. The molecular formula is C18H17BrN2. The van der Waals surface area contributed by atoms with Gasteiger partial charge in [0.05, 0.1) is 11.6 Å². The number of aromatic nitrogens is 1. The third-order valence-electron chi connectivity index (χ3n) is 3.73. The molecule has 0 radical (unpaired) electrons. The van der Waals surface area contributed by atoms with E-state index in [0.717, 1.165) is 9.99 Å². The molecule has 0 fully saturated rings. The van der Waals surface area contributed by atoms with Gasteiger partial charge in [0.2, 0.25) is 0 Å². The highest BCUT2D eigenvalue weighted by Crippen LogP contribution is 2.32. The van der Waals surface area contributed by atoms with E-state index in [4.69, 9.17) is 0 Å². The van der Waals surface area contributed by atoms with Gasteiger partial charge in [-0.15, -0.1) is 0 Å². The van der Waals surface area contributed by atoms with E-state index < -0.39 is 0 Å². The molecule has 106 valence electrons. The Morgan fingerprint density at radius 2 is 1.86 bits per heavy atom. The summed E-state index contributed by atoms with van der Waals surface area (Å²) in [5, 5.41) is 4.58. The van der Waals surface area contributed by atoms with Crippen LogP contribution in [0.15, 0.2) is 59.2 Å². The van der Waals surface area contributed by atoms with E-state index in [1.54, 1.807) is 0 Å². The first-order valence-corrected chi connectivity index (χ1v) is 7.77. The van der Waals surface area contributed by atoms with E-state index in [-0.39, 0.29) is 6.04 Å². The van der Waals surface area contributed by atoms with Gasteiger partial charge in [0.1, 0.15) is 0 Å². The molecule has 0 saturated heterocycles. The van der Waals surface area contributed by atoms with Gasteiger partial charge in [-0.1, -0.05) is 52.3 Å². The van der Waals surface area contributed by atoms with Crippen LogP contribution < -0.4 is 5.32 Å². The highest BCUT2D eigenvalue weighted by Gasteiger charge is 2.17. The molecule has 0 spiro atoms. The third kappa shape index (κ3) is 2.71. The molecular weight excluding hydrogens is 324 g/mol. The van der Waals surface area contributed by atoms with Crippen molar-refractivity contribution in [2.45, 2.75) is 13.0 Å². The summed E-state index contributed by atoms with van der Waals surface area (Å²) >= 11 is 3.69. The van der Waals surface area contributed by atoms with Crippen LogP contribution in [0.1, 0.15) is 22.7 Å². The van der Waals surface area contributed by atoms with E-state index in [1.165, 1.54) is 22.1 Å². The summed E-state index contributed by atoms with van der Waals surface area (Å²) in [6, 6.07) is 17.0. The summed E-state index contributed by atoms with van der Waals surface area (Å²) in [5.41, 5.74) is 4.71. The smallest absolute Gasteiger partial charge is 0.0753 e. The molecule has 2 aromatic carbocycles. The molecule has 1 atom stereocenters. The van der Waals surface area contributed by atoms with Crippen molar-refractivity contribution in [2.24, 2.45) is 0 Å². The molecule has 0 amide bonds. The number of hydrogen-bond donors (Lipinski definition) is 1. The number of nitrogens with zero attached hydrogens (tertiary/aromatic N) is 1. The Kier molecular flexibility index (Phi) is 4.04. The van der Waals surface area contributed by atoms with Crippen LogP contribution in [0.5, 0.6) is 0 Å². The van der Waals surface area contributed by atoms with E-state index in [9.17, 15) is 0 Å². The van der Waals surface area contributed by atoms with Crippen LogP contribution in [0, 0.1) is 6.92 Å². The molecule has 0 aliphatic rings. The van der Waals surface area contributed by atoms with Crippen molar-refractivity contribution in [3.05, 3.63) is 75.9 Å². The van der Waals surface area contributed by atoms with Crippen LogP contribution in [-0.4, -0.2) is 12.0 Å². The molecule has 1 heterocycles. The van der Waals surface area contributed by atoms with Crippen LogP contribution in [-0.2, 0) is 0 Å². The van der Waals surface area contributed by atoms with Gasteiger partial charge >= 0.3 is 0 Å². The topological polar surface area (TPSA) is 24.9 Å². The van der Waals surface area contributed by atoms with E-state index in [1.807, 2.05) is 19.3 Å². The quantitative estimate of drug-likeness (QED) is 0.752. The Morgan fingerprint density at radius 3 is 2.62 bits per heavy atom. The first-order valence-electron chi connectivity index (χ1n) is 6.97. The number of rotatable bonds is 3. The van der Waals surface area contributed by atoms with Crippen LogP contribution in [0.25, 0.3) is 10.9 Å². The monoisotopic (exact) mass is 340 g/mol. The van der Waals surface area contributed by atoms with Crippen molar-refractivity contribution in [1.82, 2.24) is 10.3 Å². The highest BCUT2D eigenvalue weighted by atomic mass is 79.9. The lowest BCUT2D eigenvalue weighted by molar-refractivity contribution is 0.692. The second kappa shape index (κ2) is 5.96. The maximum absolute atomic E-state index is 4.57. The van der Waals surface area contributed by atoms with Crippen LogP contribution in [0.4, 0.5) is 0 Å². The molecule has 3 aromatic rings. The predicted molar refractivity (Wildman–Crippen MR) is 91.5 cm³/mol. The molecule has 2 nitrogen and oxygen atoms in total. The second-order valence-corrected chi connectivity index (χ2v) is 6.02. The Balaban J connectivity index is 2.18. The number of para-hydroxylation sites is 1.